The summed E-state index contributed by atoms with van der Waals surface area (Å²) in [6.45, 7) is 7.38. The minimum Gasteiger partial charge on any atom is -0.364 e. The van der Waals surface area contributed by atoms with E-state index in [1.807, 2.05) is 0 Å². The van der Waals surface area contributed by atoms with Gasteiger partial charge in [-0.1, -0.05) is 48.5 Å². The van der Waals surface area contributed by atoms with Crippen molar-refractivity contribution in [1.29, 1.82) is 0 Å². The summed E-state index contributed by atoms with van der Waals surface area (Å²) in [6, 6.07) is 20.0. The molecule has 0 saturated carbocycles. The zero-order valence-corrected chi connectivity index (χ0v) is 17.7. The fourth-order valence-electron chi connectivity index (χ4n) is 5.26. The van der Waals surface area contributed by atoms with Crippen LogP contribution in [0.3, 0.4) is 0 Å². The second-order valence-corrected chi connectivity index (χ2v) is 8.91. The number of likely N-dealkylation sites (tertiary alicyclic amines) is 1. The quantitative estimate of drug-likeness (QED) is 0.763. The van der Waals surface area contributed by atoms with Crippen LogP contribution in [0, 0.1) is 0 Å². The minimum atomic E-state index is 0.228. The SMILES string of the molecule is O=C(N1CCCCC1)N1Cc2ccccc2N2CCN(Cc3ccccc3)CC2C1. The van der Waals surface area contributed by atoms with Crippen LogP contribution in [0.25, 0.3) is 0 Å². The monoisotopic (exact) mass is 404 g/mol. The topological polar surface area (TPSA) is 30.0 Å². The third-order valence-electron chi connectivity index (χ3n) is 6.81. The number of hydrogen-bond acceptors (Lipinski definition) is 3. The molecule has 2 aromatic carbocycles. The summed E-state index contributed by atoms with van der Waals surface area (Å²) in [6.07, 6.45) is 3.52. The normalized spacial score (nSPS) is 22.3. The van der Waals surface area contributed by atoms with Gasteiger partial charge in [-0.15, -0.1) is 0 Å². The summed E-state index contributed by atoms with van der Waals surface area (Å²) in [5, 5.41) is 0. The molecule has 0 aliphatic carbocycles. The van der Waals surface area contributed by atoms with Crippen molar-refractivity contribution in [1.82, 2.24) is 14.7 Å². The van der Waals surface area contributed by atoms with Gasteiger partial charge >= 0.3 is 6.03 Å². The van der Waals surface area contributed by atoms with E-state index in [1.54, 1.807) is 0 Å². The molecular formula is C25H32N4O. The zero-order chi connectivity index (χ0) is 20.3. The van der Waals surface area contributed by atoms with E-state index in [-0.39, 0.29) is 6.03 Å². The van der Waals surface area contributed by atoms with Gasteiger partial charge in [0, 0.05) is 58.0 Å². The lowest BCUT2D eigenvalue weighted by Gasteiger charge is -2.43. The first-order valence-corrected chi connectivity index (χ1v) is 11.4. The number of nitrogens with zero attached hydrogens (tertiary/aromatic N) is 4. The Morgan fingerprint density at radius 3 is 2.40 bits per heavy atom. The number of amides is 2. The highest BCUT2D eigenvalue weighted by Gasteiger charge is 2.35. The first-order chi connectivity index (χ1) is 14.8. The zero-order valence-electron chi connectivity index (χ0n) is 17.7. The van der Waals surface area contributed by atoms with Gasteiger partial charge < -0.3 is 14.7 Å². The van der Waals surface area contributed by atoms with Crippen molar-refractivity contribution in [2.24, 2.45) is 0 Å². The van der Waals surface area contributed by atoms with E-state index < -0.39 is 0 Å². The average molecular weight is 405 g/mol. The molecule has 158 valence electrons. The average Bonchev–Trinajstić information content (AvgIpc) is 2.96. The molecule has 5 nitrogen and oxygen atoms in total. The third-order valence-corrected chi connectivity index (χ3v) is 6.81. The standard InChI is InChI=1S/C25H32N4O/c30-25(27-13-7-2-8-14-27)28-18-22-11-5-6-12-24(22)29-16-15-26(19-23(29)20-28)17-21-9-3-1-4-10-21/h1,3-6,9-12,23H,2,7-8,13-20H2. The third kappa shape index (κ3) is 4.04. The van der Waals surface area contributed by atoms with E-state index >= 15 is 0 Å². The van der Waals surface area contributed by atoms with Crippen LogP contribution in [0.5, 0.6) is 0 Å². The van der Waals surface area contributed by atoms with Crippen molar-refractivity contribution in [3.63, 3.8) is 0 Å². The van der Waals surface area contributed by atoms with Gasteiger partial charge in [-0.05, 0) is 36.5 Å². The van der Waals surface area contributed by atoms with E-state index in [1.165, 1.54) is 23.2 Å². The van der Waals surface area contributed by atoms with Crippen LogP contribution >= 0.6 is 0 Å². The number of fused-ring (bicyclic) bond motifs is 3. The molecule has 0 N–H and O–H groups in total. The van der Waals surface area contributed by atoms with Gasteiger partial charge in [-0.3, -0.25) is 4.90 Å². The van der Waals surface area contributed by atoms with Crippen molar-refractivity contribution >= 4 is 11.7 Å². The van der Waals surface area contributed by atoms with Crippen LogP contribution in [-0.4, -0.2) is 66.0 Å². The fourth-order valence-corrected chi connectivity index (χ4v) is 5.26. The molecular weight excluding hydrogens is 372 g/mol. The van der Waals surface area contributed by atoms with Crippen molar-refractivity contribution in [2.45, 2.75) is 38.4 Å². The van der Waals surface area contributed by atoms with Crippen LogP contribution in [0.2, 0.25) is 0 Å². The maximum absolute atomic E-state index is 13.4. The predicted octanol–water partition coefficient (Wildman–Crippen LogP) is 3.80. The maximum Gasteiger partial charge on any atom is 0.320 e. The minimum absolute atomic E-state index is 0.228. The van der Waals surface area contributed by atoms with Crippen LogP contribution in [0.1, 0.15) is 30.4 Å². The first-order valence-electron chi connectivity index (χ1n) is 11.4. The molecule has 30 heavy (non-hydrogen) atoms. The van der Waals surface area contributed by atoms with Gasteiger partial charge in [0.05, 0.1) is 6.04 Å². The van der Waals surface area contributed by atoms with Gasteiger partial charge in [0.2, 0.25) is 0 Å². The second kappa shape index (κ2) is 8.68. The van der Waals surface area contributed by atoms with Gasteiger partial charge in [-0.25, -0.2) is 4.79 Å². The second-order valence-electron chi connectivity index (χ2n) is 8.91. The number of carbonyl (C=O) groups is 1. The summed E-state index contributed by atoms with van der Waals surface area (Å²) >= 11 is 0. The Hall–Kier alpha value is -2.53. The van der Waals surface area contributed by atoms with Crippen molar-refractivity contribution in [2.75, 3.05) is 44.2 Å². The summed E-state index contributed by atoms with van der Waals surface area (Å²) in [4.78, 5) is 22.7. The number of carbonyl (C=O) groups excluding carboxylic acids is 1. The molecule has 3 aliphatic rings. The number of hydrogen-bond donors (Lipinski definition) is 0. The van der Waals surface area contributed by atoms with Crippen LogP contribution in [0.15, 0.2) is 54.6 Å². The molecule has 2 aromatic rings. The van der Waals surface area contributed by atoms with Crippen LogP contribution < -0.4 is 4.90 Å². The van der Waals surface area contributed by atoms with E-state index in [4.69, 9.17) is 0 Å². The summed E-state index contributed by atoms with van der Waals surface area (Å²) in [7, 11) is 0. The highest BCUT2D eigenvalue weighted by molar-refractivity contribution is 5.75. The molecule has 1 atom stereocenters. The highest BCUT2D eigenvalue weighted by Crippen LogP contribution is 2.31. The molecule has 1 unspecified atom stereocenters. The Morgan fingerprint density at radius 2 is 1.57 bits per heavy atom. The van der Waals surface area contributed by atoms with E-state index in [0.29, 0.717) is 6.04 Å². The molecule has 0 spiro atoms. The molecule has 2 amide bonds. The lowest BCUT2D eigenvalue weighted by Crippen LogP contribution is -2.57. The van der Waals surface area contributed by atoms with Gasteiger partial charge in [-0.2, -0.15) is 0 Å². The lowest BCUT2D eigenvalue weighted by atomic mass is 10.1. The molecule has 0 radical (unpaired) electrons. The van der Waals surface area contributed by atoms with E-state index in [0.717, 1.165) is 65.2 Å². The Morgan fingerprint density at radius 1 is 0.800 bits per heavy atom. The predicted molar refractivity (Wildman–Crippen MR) is 121 cm³/mol. The van der Waals surface area contributed by atoms with Crippen LogP contribution in [-0.2, 0) is 13.1 Å². The molecule has 5 rings (SSSR count). The smallest absolute Gasteiger partial charge is 0.320 e. The molecule has 3 aliphatic heterocycles. The molecule has 2 saturated heterocycles. The molecule has 0 bridgehead atoms. The number of piperidine rings is 1. The van der Waals surface area contributed by atoms with Crippen molar-refractivity contribution in [3.8, 4) is 0 Å². The maximum atomic E-state index is 13.4. The van der Waals surface area contributed by atoms with E-state index in [2.05, 4.69) is 74.2 Å². The fraction of sp³-hybridized carbons (Fsp3) is 0.480. The van der Waals surface area contributed by atoms with Gasteiger partial charge in [0.25, 0.3) is 0 Å². The molecule has 2 fully saturated rings. The Bertz CT molecular complexity index is 864. The largest absolute Gasteiger partial charge is 0.364 e. The van der Waals surface area contributed by atoms with Crippen LogP contribution in [0.4, 0.5) is 10.5 Å². The number of anilines is 1. The lowest BCUT2D eigenvalue weighted by molar-refractivity contribution is 0.130. The summed E-state index contributed by atoms with van der Waals surface area (Å²) in [5.74, 6) is 0. The number of para-hydroxylation sites is 1. The number of rotatable bonds is 2. The van der Waals surface area contributed by atoms with E-state index in [9.17, 15) is 4.79 Å². The molecule has 3 heterocycles. The first kappa shape index (κ1) is 19.4. The number of benzene rings is 2. The Labute approximate surface area is 179 Å². The number of piperazine rings is 1. The Kier molecular flexibility index (Phi) is 5.63. The highest BCUT2D eigenvalue weighted by atomic mass is 16.2. The Balaban J connectivity index is 1.37. The summed E-state index contributed by atoms with van der Waals surface area (Å²) in [5.41, 5.74) is 3.96. The van der Waals surface area contributed by atoms with Gasteiger partial charge in [0.1, 0.15) is 0 Å². The van der Waals surface area contributed by atoms with Crippen molar-refractivity contribution < 1.29 is 4.79 Å². The summed E-state index contributed by atoms with van der Waals surface area (Å²) < 4.78 is 0. The molecule has 0 aromatic heterocycles. The van der Waals surface area contributed by atoms with Gasteiger partial charge in [0.15, 0.2) is 0 Å². The number of urea groups is 1. The van der Waals surface area contributed by atoms with Crippen molar-refractivity contribution in [3.05, 3.63) is 65.7 Å². The molecule has 5 heteroatoms.